The first-order valence-electron chi connectivity index (χ1n) is 9.15. The quantitative estimate of drug-likeness (QED) is 0.849. The summed E-state index contributed by atoms with van der Waals surface area (Å²) in [5.74, 6) is 0.908. The fourth-order valence-electron chi connectivity index (χ4n) is 2.98. The summed E-state index contributed by atoms with van der Waals surface area (Å²) in [7, 11) is 0. The van der Waals surface area contributed by atoms with Gasteiger partial charge in [0.1, 0.15) is 11.5 Å². The van der Waals surface area contributed by atoms with Gasteiger partial charge in [0, 0.05) is 18.3 Å². The van der Waals surface area contributed by atoms with Crippen LogP contribution in [-0.2, 0) is 16.0 Å². The van der Waals surface area contributed by atoms with Gasteiger partial charge in [-0.05, 0) is 50.1 Å². The highest BCUT2D eigenvalue weighted by Gasteiger charge is 2.30. The van der Waals surface area contributed by atoms with Gasteiger partial charge in [0.15, 0.2) is 12.7 Å². The fourth-order valence-corrected chi connectivity index (χ4v) is 2.98. The summed E-state index contributed by atoms with van der Waals surface area (Å²) in [4.78, 5) is 26.0. The molecule has 0 aromatic heterocycles. The Hall–Kier alpha value is -3.02. The van der Waals surface area contributed by atoms with Crippen molar-refractivity contribution in [3.8, 4) is 11.5 Å². The average molecular weight is 368 g/mol. The molecule has 1 atom stereocenters. The maximum absolute atomic E-state index is 12.2. The smallest absolute Gasteiger partial charge is 0.267 e. The number of hydrogen-bond acceptors (Lipinski definition) is 4. The van der Waals surface area contributed by atoms with E-state index >= 15 is 0 Å². The molecule has 0 spiro atoms. The van der Waals surface area contributed by atoms with Crippen molar-refractivity contribution in [2.75, 3.05) is 23.4 Å². The predicted molar refractivity (Wildman–Crippen MR) is 105 cm³/mol. The largest absolute Gasteiger partial charge is 0.484 e. The van der Waals surface area contributed by atoms with Gasteiger partial charge in [0.2, 0.25) is 0 Å². The molecule has 0 saturated heterocycles. The van der Waals surface area contributed by atoms with Crippen LogP contribution < -0.4 is 19.7 Å². The van der Waals surface area contributed by atoms with Gasteiger partial charge < -0.3 is 19.7 Å². The van der Waals surface area contributed by atoms with Crippen LogP contribution in [0, 0.1) is 0 Å². The molecule has 1 N–H and O–H groups in total. The molecule has 0 fully saturated rings. The zero-order valence-corrected chi connectivity index (χ0v) is 15.8. The maximum atomic E-state index is 12.2. The Bertz CT molecular complexity index is 833. The number of benzene rings is 2. The normalized spacial score (nSPS) is 15.7. The molecule has 2 aromatic rings. The molecule has 2 amide bonds. The zero-order chi connectivity index (χ0) is 19.4. The molecule has 0 radical (unpaired) electrons. The standard InChI is InChI=1S/C21H24N2O4/c1-4-15-6-9-17(10-7-15)26-13-20(24)22-16-8-11-18-19(12-16)27-14(3)21(25)23(18)5-2/h6-12,14H,4-5,13H2,1-3H3,(H,22,24). The van der Waals surface area contributed by atoms with Crippen molar-refractivity contribution in [2.24, 2.45) is 0 Å². The van der Waals surface area contributed by atoms with Crippen LogP contribution in [0.15, 0.2) is 42.5 Å². The van der Waals surface area contributed by atoms with E-state index < -0.39 is 6.10 Å². The number of hydrogen-bond donors (Lipinski definition) is 1. The highest BCUT2D eigenvalue weighted by molar-refractivity contribution is 6.00. The van der Waals surface area contributed by atoms with Gasteiger partial charge in [-0.2, -0.15) is 0 Å². The first kappa shape index (κ1) is 18.8. The third kappa shape index (κ3) is 4.22. The molecular weight excluding hydrogens is 344 g/mol. The summed E-state index contributed by atoms with van der Waals surface area (Å²) in [5.41, 5.74) is 2.53. The van der Waals surface area contributed by atoms with Gasteiger partial charge in [-0.3, -0.25) is 9.59 Å². The SMILES string of the molecule is CCc1ccc(OCC(=O)Nc2ccc3c(c2)OC(C)C(=O)N3CC)cc1. The number of anilines is 2. The molecule has 1 aliphatic heterocycles. The molecule has 0 aliphatic carbocycles. The molecule has 2 aromatic carbocycles. The Balaban J connectivity index is 1.63. The number of amides is 2. The molecular formula is C21H24N2O4. The van der Waals surface area contributed by atoms with E-state index in [2.05, 4.69) is 12.2 Å². The number of likely N-dealkylation sites (N-methyl/N-ethyl adjacent to an activating group) is 1. The Morgan fingerprint density at radius 1 is 1.19 bits per heavy atom. The summed E-state index contributed by atoms with van der Waals surface area (Å²) in [6.45, 7) is 6.20. The number of nitrogens with one attached hydrogen (secondary N) is 1. The summed E-state index contributed by atoms with van der Waals surface area (Å²) in [6.07, 6.45) is 0.415. The van der Waals surface area contributed by atoms with E-state index in [0.29, 0.717) is 29.4 Å². The number of ether oxygens (including phenoxy) is 2. The molecule has 142 valence electrons. The van der Waals surface area contributed by atoms with E-state index in [-0.39, 0.29) is 18.4 Å². The summed E-state index contributed by atoms with van der Waals surface area (Å²) >= 11 is 0. The van der Waals surface area contributed by atoms with E-state index in [9.17, 15) is 9.59 Å². The number of nitrogens with zero attached hydrogens (tertiary/aromatic N) is 1. The van der Waals surface area contributed by atoms with Crippen LogP contribution in [0.1, 0.15) is 26.3 Å². The minimum Gasteiger partial charge on any atom is -0.484 e. The van der Waals surface area contributed by atoms with Gasteiger partial charge in [-0.25, -0.2) is 0 Å². The Kier molecular flexibility index (Phi) is 5.64. The molecule has 1 aliphatic rings. The van der Waals surface area contributed by atoms with Crippen LogP contribution in [0.2, 0.25) is 0 Å². The highest BCUT2D eigenvalue weighted by atomic mass is 16.5. The monoisotopic (exact) mass is 368 g/mol. The molecule has 1 unspecified atom stereocenters. The van der Waals surface area contributed by atoms with Crippen LogP contribution in [0.3, 0.4) is 0 Å². The molecule has 0 bridgehead atoms. The second-order valence-corrected chi connectivity index (χ2v) is 6.36. The third-order valence-electron chi connectivity index (χ3n) is 4.47. The summed E-state index contributed by atoms with van der Waals surface area (Å²) < 4.78 is 11.2. The van der Waals surface area contributed by atoms with Crippen LogP contribution in [0.25, 0.3) is 0 Å². The zero-order valence-electron chi connectivity index (χ0n) is 15.8. The number of fused-ring (bicyclic) bond motifs is 1. The summed E-state index contributed by atoms with van der Waals surface area (Å²) in [5, 5.41) is 2.80. The van der Waals surface area contributed by atoms with Gasteiger partial charge in [-0.15, -0.1) is 0 Å². The van der Waals surface area contributed by atoms with Crippen LogP contribution in [0.5, 0.6) is 11.5 Å². The van der Waals surface area contributed by atoms with E-state index in [1.807, 2.05) is 31.2 Å². The van der Waals surface area contributed by atoms with Crippen LogP contribution in [0.4, 0.5) is 11.4 Å². The second kappa shape index (κ2) is 8.12. The minimum atomic E-state index is -0.544. The minimum absolute atomic E-state index is 0.0655. The first-order valence-corrected chi connectivity index (χ1v) is 9.15. The van der Waals surface area contributed by atoms with Crippen molar-refractivity contribution in [2.45, 2.75) is 33.3 Å². The van der Waals surface area contributed by atoms with Gasteiger partial charge in [-0.1, -0.05) is 19.1 Å². The lowest BCUT2D eigenvalue weighted by molar-refractivity contribution is -0.125. The Labute approximate surface area is 159 Å². The molecule has 3 rings (SSSR count). The first-order chi connectivity index (χ1) is 13.0. The van der Waals surface area contributed by atoms with E-state index in [0.717, 1.165) is 6.42 Å². The third-order valence-corrected chi connectivity index (χ3v) is 4.47. The molecule has 1 heterocycles. The number of carbonyl (C=O) groups excluding carboxylic acids is 2. The number of aryl methyl sites for hydroxylation is 1. The fraction of sp³-hybridized carbons (Fsp3) is 0.333. The van der Waals surface area contributed by atoms with Crippen molar-refractivity contribution in [1.82, 2.24) is 0 Å². The van der Waals surface area contributed by atoms with Crippen molar-refractivity contribution in [3.05, 3.63) is 48.0 Å². The van der Waals surface area contributed by atoms with Crippen LogP contribution in [-0.4, -0.2) is 31.1 Å². The Morgan fingerprint density at radius 2 is 1.93 bits per heavy atom. The lowest BCUT2D eigenvalue weighted by atomic mass is 10.1. The topological polar surface area (TPSA) is 67.9 Å². The molecule has 27 heavy (non-hydrogen) atoms. The van der Waals surface area contributed by atoms with Crippen LogP contribution >= 0.6 is 0 Å². The average Bonchev–Trinajstić information content (AvgIpc) is 2.68. The van der Waals surface area contributed by atoms with E-state index in [4.69, 9.17) is 9.47 Å². The lowest BCUT2D eigenvalue weighted by Crippen LogP contribution is -2.44. The van der Waals surface area contributed by atoms with Crippen molar-refractivity contribution in [1.29, 1.82) is 0 Å². The molecule has 0 saturated carbocycles. The number of carbonyl (C=O) groups is 2. The summed E-state index contributed by atoms with van der Waals surface area (Å²) in [6, 6.07) is 12.9. The highest BCUT2D eigenvalue weighted by Crippen LogP contribution is 2.36. The van der Waals surface area contributed by atoms with E-state index in [1.165, 1.54) is 5.56 Å². The predicted octanol–water partition coefficient (Wildman–Crippen LogP) is 3.40. The molecule has 6 heteroatoms. The van der Waals surface area contributed by atoms with E-state index in [1.54, 1.807) is 30.0 Å². The Morgan fingerprint density at radius 3 is 2.59 bits per heavy atom. The molecule has 6 nitrogen and oxygen atoms in total. The van der Waals surface area contributed by atoms with Crippen molar-refractivity contribution >= 4 is 23.2 Å². The lowest BCUT2D eigenvalue weighted by Gasteiger charge is -2.32. The van der Waals surface area contributed by atoms with Gasteiger partial charge >= 0.3 is 0 Å². The second-order valence-electron chi connectivity index (χ2n) is 6.36. The van der Waals surface area contributed by atoms with Crippen molar-refractivity contribution < 1.29 is 19.1 Å². The van der Waals surface area contributed by atoms with Gasteiger partial charge in [0.25, 0.3) is 11.8 Å². The van der Waals surface area contributed by atoms with Crippen molar-refractivity contribution in [3.63, 3.8) is 0 Å². The number of rotatable bonds is 6. The maximum Gasteiger partial charge on any atom is 0.267 e. The van der Waals surface area contributed by atoms with Gasteiger partial charge in [0.05, 0.1) is 5.69 Å².